The van der Waals surface area contributed by atoms with E-state index in [-0.39, 0.29) is 12.5 Å². The number of hydrogen-bond acceptors (Lipinski definition) is 3. The number of fused-ring (bicyclic) bond motifs is 1. The van der Waals surface area contributed by atoms with Gasteiger partial charge in [0, 0.05) is 6.07 Å². The summed E-state index contributed by atoms with van der Waals surface area (Å²) >= 11 is 0. The minimum Gasteiger partial charge on any atom is -0.489 e. The van der Waals surface area contributed by atoms with Crippen LogP contribution in [0.15, 0.2) is 42.5 Å². The first-order valence-electron chi connectivity index (χ1n) is 6.46. The van der Waals surface area contributed by atoms with Crippen LogP contribution < -0.4 is 14.8 Å². The lowest BCUT2D eigenvalue weighted by molar-refractivity contribution is -0.118. The van der Waals surface area contributed by atoms with Crippen LogP contribution in [-0.2, 0) is 11.4 Å². The summed E-state index contributed by atoms with van der Waals surface area (Å²) in [6.45, 7) is 2.61. The van der Waals surface area contributed by atoms with Crippen LogP contribution in [0.5, 0.6) is 11.5 Å². The summed E-state index contributed by atoms with van der Waals surface area (Å²) in [5.41, 5.74) is 2.98. The molecule has 4 heteroatoms. The number of ether oxygens (including phenoxy) is 2. The molecule has 2 aromatic carbocycles. The molecule has 0 saturated heterocycles. The predicted molar refractivity (Wildman–Crippen MR) is 76.1 cm³/mol. The van der Waals surface area contributed by atoms with Crippen molar-refractivity contribution in [2.24, 2.45) is 0 Å². The first kappa shape index (κ1) is 12.5. The van der Waals surface area contributed by atoms with Crippen LogP contribution in [0.4, 0.5) is 5.69 Å². The molecule has 0 spiro atoms. The molecule has 0 bridgehead atoms. The molecule has 2 aromatic rings. The Hall–Kier alpha value is -2.49. The largest absolute Gasteiger partial charge is 0.489 e. The molecule has 0 unspecified atom stereocenters. The van der Waals surface area contributed by atoms with Gasteiger partial charge in [-0.1, -0.05) is 29.8 Å². The topological polar surface area (TPSA) is 47.6 Å². The van der Waals surface area contributed by atoms with Gasteiger partial charge in [0.2, 0.25) is 0 Å². The molecular formula is C16H15NO3. The zero-order chi connectivity index (χ0) is 13.9. The number of nitrogens with one attached hydrogen (secondary N) is 1. The van der Waals surface area contributed by atoms with Crippen molar-refractivity contribution in [3.05, 3.63) is 53.6 Å². The number of aryl methyl sites for hydroxylation is 1. The molecule has 0 aliphatic carbocycles. The van der Waals surface area contributed by atoms with Crippen LogP contribution in [0.1, 0.15) is 11.1 Å². The van der Waals surface area contributed by atoms with Crippen LogP contribution in [0.2, 0.25) is 0 Å². The summed E-state index contributed by atoms with van der Waals surface area (Å²) in [5.74, 6) is 1.23. The minimum absolute atomic E-state index is 0.0660. The fourth-order valence-corrected chi connectivity index (χ4v) is 2.00. The normalized spacial score (nSPS) is 13.2. The van der Waals surface area contributed by atoms with E-state index in [0.717, 1.165) is 5.56 Å². The molecule has 20 heavy (non-hydrogen) atoms. The zero-order valence-electron chi connectivity index (χ0n) is 11.2. The number of amides is 1. The summed E-state index contributed by atoms with van der Waals surface area (Å²) in [4.78, 5) is 11.3. The zero-order valence-corrected chi connectivity index (χ0v) is 11.2. The highest BCUT2D eigenvalue weighted by Gasteiger charge is 2.16. The van der Waals surface area contributed by atoms with Crippen molar-refractivity contribution in [1.29, 1.82) is 0 Å². The lowest BCUT2D eigenvalue weighted by Gasteiger charge is -2.18. The van der Waals surface area contributed by atoms with E-state index in [0.29, 0.717) is 23.8 Å². The van der Waals surface area contributed by atoms with Crippen LogP contribution in [-0.4, -0.2) is 12.5 Å². The maximum atomic E-state index is 11.3. The van der Waals surface area contributed by atoms with Gasteiger partial charge in [-0.15, -0.1) is 0 Å². The lowest BCUT2D eigenvalue weighted by atomic mass is 10.2. The fraction of sp³-hybridized carbons (Fsp3) is 0.188. The van der Waals surface area contributed by atoms with Crippen LogP contribution in [0.25, 0.3) is 0 Å². The molecular weight excluding hydrogens is 254 g/mol. The van der Waals surface area contributed by atoms with E-state index in [1.54, 1.807) is 12.1 Å². The van der Waals surface area contributed by atoms with E-state index in [1.807, 2.05) is 18.2 Å². The number of anilines is 1. The third-order valence-corrected chi connectivity index (χ3v) is 3.11. The van der Waals surface area contributed by atoms with Crippen molar-refractivity contribution in [2.75, 3.05) is 11.9 Å². The molecule has 0 atom stereocenters. The second-order valence-electron chi connectivity index (χ2n) is 4.77. The molecule has 102 valence electrons. The third-order valence-electron chi connectivity index (χ3n) is 3.11. The van der Waals surface area contributed by atoms with Crippen molar-refractivity contribution in [1.82, 2.24) is 0 Å². The van der Waals surface area contributed by atoms with Gasteiger partial charge in [-0.2, -0.15) is 0 Å². The number of hydrogen-bond donors (Lipinski definition) is 1. The fourth-order valence-electron chi connectivity index (χ4n) is 2.00. The first-order chi connectivity index (χ1) is 9.70. The van der Waals surface area contributed by atoms with E-state index < -0.39 is 0 Å². The molecule has 0 saturated carbocycles. The lowest BCUT2D eigenvalue weighted by Crippen LogP contribution is -2.25. The Morgan fingerprint density at radius 3 is 2.80 bits per heavy atom. The number of benzene rings is 2. The second-order valence-corrected chi connectivity index (χ2v) is 4.77. The standard InChI is InChI=1S/C16H15NO3/c1-11-2-4-12(5-3-11)9-19-13-6-7-15-14(8-13)17-16(18)10-20-15/h2-8H,9-10H2,1H3,(H,17,18). The third kappa shape index (κ3) is 2.74. The molecule has 1 aliphatic heterocycles. The van der Waals surface area contributed by atoms with Gasteiger partial charge in [0.05, 0.1) is 5.69 Å². The molecule has 0 radical (unpaired) electrons. The van der Waals surface area contributed by atoms with Gasteiger partial charge in [0.15, 0.2) is 6.61 Å². The minimum atomic E-state index is -0.145. The highest BCUT2D eigenvalue weighted by Crippen LogP contribution is 2.31. The average Bonchev–Trinajstić information content (AvgIpc) is 2.46. The molecule has 3 rings (SSSR count). The molecule has 4 nitrogen and oxygen atoms in total. The Kier molecular flexibility index (Phi) is 3.29. The summed E-state index contributed by atoms with van der Waals surface area (Å²) in [6, 6.07) is 13.6. The van der Waals surface area contributed by atoms with Gasteiger partial charge < -0.3 is 14.8 Å². The summed E-state index contributed by atoms with van der Waals surface area (Å²) in [5, 5.41) is 2.76. The average molecular weight is 269 g/mol. The Balaban J connectivity index is 1.70. The molecule has 1 aliphatic rings. The summed E-state index contributed by atoms with van der Waals surface area (Å²) < 4.78 is 11.0. The predicted octanol–water partition coefficient (Wildman–Crippen LogP) is 2.90. The van der Waals surface area contributed by atoms with Crippen LogP contribution in [0, 0.1) is 6.92 Å². The van der Waals surface area contributed by atoms with E-state index >= 15 is 0 Å². The van der Waals surface area contributed by atoms with Gasteiger partial charge in [0.1, 0.15) is 18.1 Å². The Morgan fingerprint density at radius 1 is 1.20 bits per heavy atom. The summed E-state index contributed by atoms with van der Waals surface area (Å²) in [6.07, 6.45) is 0. The maximum absolute atomic E-state index is 11.3. The van der Waals surface area contributed by atoms with Crippen LogP contribution in [0.3, 0.4) is 0 Å². The highest BCUT2D eigenvalue weighted by molar-refractivity contribution is 5.95. The van der Waals surface area contributed by atoms with Crippen molar-refractivity contribution < 1.29 is 14.3 Å². The SMILES string of the molecule is Cc1ccc(COc2ccc3c(c2)NC(=O)CO3)cc1. The Morgan fingerprint density at radius 2 is 2.00 bits per heavy atom. The van der Waals surface area contributed by atoms with Gasteiger partial charge >= 0.3 is 0 Å². The smallest absolute Gasteiger partial charge is 0.262 e. The molecule has 1 N–H and O–H groups in total. The van der Waals surface area contributed by atoms with E-state index in [1.165, 1.54) is 5.56 Å². The van der Waals surface area contributed by atoms with Crippen molar-refractivity contribution in [2.45, 2.75) is 13.5 Å². The number of carbonyl (C=O) groups is 1. The van der Waals surface area contributed by atoms with Crippen molar-refractivity contribution >= 4 is 11.6 Å². The van der Waals surface area contributed by atoms with Crippen molar-refractivity contribution in [3.63, 3.8) is 0 Å². The van der Waals surface area contributed by atoms with E-state index in [4.69, 9.17) is 9.47 Å². The monoisotopic (exact) mass is 269 g/mol. The van der Waals surface area contributed by atoms with Gasteiger partial charge in [-0.3, -0.25) is 4.79 Å². The van der Waals surface area contributed by atoms with E-state index in [9.17, 15) is 4.79 Å². The Labute approximate surface area is 117 Å². The molecule has 0 aromatic heterocycles. The van der Waals surface area contributed by atoms with Crippen molar-refractivity contribution in [3.8, 4) is 11.5 Å². The second kappa shape index (κ2) is 5.25. The number of carbonyl (C=O) groups excluding carboxylic acids is 1. The van der Waals surface area contributed by atoms with Crippen LogP contribution >= 0.6 is 0 Å². The first-order valence-corrected chi connectivity index (χ1v) is 6.46. The van der Waals surface area contributed by atoms with Gasteiger partial charge in [-0.05, 0) is 24.6 Å². The highest BCUT2D eigenvalue weighted by atomic mass is 16.5. The molecule has 0 fully saturated rings. The molecule has 1 heterocycles. The van der Waals surface area contributed by atoms with Gasteiger partial charge in [-0.25, -0.2) is 0 Å². The quantitative estimate of drug-likeness (QED) is 0.932. The maximum Gasteiger partial charge on any atom is 0.262 e. The van der Waals surface area contributed by atoms with E-state index in [2.05, 4.69) is 24.4 Å². The Bertz CT molecular complexity index is 635. The van der Waals surface area contributed by atoms with Gasteiger partial charge in [0.25, 0.3) is 5.91 Å². The molecule has 1 amide bonds. The number of rotatable bonds is 3. The summed E-state index contributed by atoms with van der Waals surface area (Å²) in [7, 11) is 0.